The molecular weight excluding hydrogens is 403 g/mol. The zero-order chi connectivity index (χ0) is 21.2. The molecule has 1 saturated heterocycles. The van der Waals surface area contributed by atoms with Gasteiger partial charge < -0.3 is 14.8 Å². The normalized spacial score (nSPS) is 16.6. The van der Waals surface area contributed by atoms with Crippen molar-refractivity contribution in [1.29, 1.82) is 0 Å². The molecule has 0 unspecified atom stereocenters. The van der Waals surface area contributed by atoms with E-state index in [4.69, 9.17) is 9.47 Å². The highest BCUT2D eigenvalue weighted by Gasteiger charge is 2.44. The molecule has 0 spiro atoms. The number of rotatable bonds is 6. The minimum atomic E-state index is -4.30. The van der Waals surface area contributed by atoms with Crippen LogP contribution in [0, 0.1) is 5.82 Å². The molecule has 1 N–H and O–H groups in total. The summed E-state index contributed by atoms with van der Waals surface area (Å²) in [4.78, 5) is 24.8. The number of methoxy groups -OCH3 is 2. The van der Waals surface area contributed by atoms with Gasteiger partial charge in [0.2, 0.25) is 11.8 Å². The molecule has 1 aliphatic rings. The maximum atomic E-state index is 13.1. The van der Waals surface area contributed by atoms with Crippen LogP contribution >= 0.6 is 0 Å². The molecule has 2 aromatic rings. The van der Waals surface area contributed by atoms with Crippen LogP contribution in [0.25, 0.3) is 0 Å². The lowest BCUT2D eigenvalue weighted by atomic mass is 10.2. The first-order valence-corrected chi connectivity index (χ1v) is 10.1. The van der Waals surface area contributed by atoms with E-state index in [1.807, 2.05) is 0 Å². The van der Waals surface area contributed by atoms with E-state index >= 15 is 0 Å². The van der Waals surface area contributed by atoms with Crippen LogP contribution in [-0.2, 0) is 19.6 Å². The third kappa shape index (κ3) is 4.02. The van der Waals surface area contributed by atoms with E-state index in [0.717, 1.165) is 24.3 Å². The number of ether oxygens (including phenoxy) is 2. The van der Waals surface area contributed by atoms with Gasteiger partial charge in [0.05, 0.1) is 19.1 Å². The Morgan fingerprint density at radius 2 is 1.76 bits per heavy atom. The van der Waals surface area contributed by atoms with Crippen molar-refractivity contribution in [3.8, 4) is 11.5 Å². The van der Waals surface area contributed by atoms with Gasteiger partial charge in [0, 0.05) is 18.2 Å². The molecule has 0 radical (unpaired) electrons. The number of carbonyl (C=O) groups is 2. The molecule has 1 aliphatic heterocycles. The maximum Gasteiger partial charge on any atom is 0.267 e. The summed E-state index contributed by atoms with van der Waals surface area (Å²) < 4.78 is 49.8. The second kappa shape index (κ2) is 8.08. The molecule has 2 aromatic carbocycles. The first-order valence-electron chi connectivity index (χ1n) is 8.63. The van der Waals surface area contributed by atoms with Gasteiger partial charge >= 0.3 is 0 Å². The number of nitrogens with one attached hydrogen (secondary N) is 1. The van der Waals surface area contributed by atoms with Crippen molar-refractivity contribution in [2.75, 3.05) is 19.5 Å². The Bertz CT molecular complexity index is 1040. The molecule has 1 heterocycles. The second-order valence-corrected chi connectivity index (χ2v) is 8.08. The van der Waals surface area contributed by atoms with Gasteiger partial charge in [0.25, 0.3) is 10.0 Å². The number of carbonyl (C=O) groups excluding carboxylic acids is 2. The van der Waals surface area contributed by atoms with Crippen LogP contribution in [0.15, 0.2) is 47.4 Å². The van der Waals surface area contributed by atoms with Gasteiger partial charge in [0.15, 0.2) is 11.5 Å². The standard InChI is InChI=1S/C19H19FN2O6S/c1-27-16-9-5-13(11-17(16)28-2)21-19(24)15-8-10-18(23)22(15)29(25,26)14-6-3-12(20)4-7-14/h3-7,9,11,15H,8,10H2,1-2H3,(H,21,24)/t15-/m0/s1. The first kappa shape index (κ1) is 20.6. The Labute approximate surface area is 167 Å². The lowest BCUT2D eigenvalue weighted by Gasteiger charge is -2.24. The van der Waals surface area contributed by atoms with Crippen molar-refractivity contribution in [1.82, 2.24) is 4.31 Å². The van der Waals surface area contributed by atoms with Crippen molar-refractivity contribution in [3.05, 3.63) is 48.3 Å². The molecule has 0 bridgehead atoms. The molecule has 1 atom stereocenters. The van der Waals surface area contributed by atoms with E-state index in [-0.39, 0.29) is 17.7 Å². The van der Waals surface area contributed by atoms with Crippen molar-refractivity contribution < 1.29 is 31.9 Å². The lowest BCUT2D eigenvalue weighted by molar-refractivity contribution is -0.128. The second-order valence-electron chi connectivity index (χ2n) is 6.26. The zero-order valence-corrected chi connectivity index (χ0v) is 16.5. The summed E-state index contributed by atoms with van der Waals surface area (Å²) in [6.07, 6.45) is -0.0528. The smallest absolute Gasteiger partial charge is 0.267 e. The molecule has 0 saturated carbocycles. The molecule has 0 aliphatic carbocycles. The largest absolute Gasteiger partial charge is 0.493 e. The van der Waals surface area contributed by atoms with E-state index in [9.17, 15) is 22.4 Å². The Morgan fingerprint density at radius 3 is 2.38 bits per heavy atom. The molecule has 8 nitrogen and oxygen atoms in total. The molecule has 0 aromatic heterocycles. The third-order valence-electron chi connectivity index (χ3n) is 4.48. The fourth-order valence-corrected chi connectivity index (χ4v) is 4.66. The van der Waals surface area contributed by atoms with Crippen LogP contribution in [0.2, 0.25) is 0 Å². The molecule has 2 amide bonds. The number of sulfonamides is 1. The Morgan fingerprint density at radius 1 is 1.10 bits per heavy atom. The van der Waals surface area contributed by atoms with Crippen LogP contribution in [-0.4, -0.2) is 44.8 Å². The average molecular weight is 422 g/mol. The highest BCUT2D eigenvalue weighted by Crippen LogP contribution is 2.31. The summed E-state index contributed by atoms with van der Waals surface area (Å²) >= 11 is 0. The zero-order valence-electron chi connectivity index (χ0n) is 15.7. The summed E-state index contributed by atoms with van der Waals surface area (Å²) in [5, 5.41) is 2.60. The number of amides is 2. The predicted octanol–water partition coefficient (Wildman–Crippen LogP) is 2.16. The monoisotopic (exact) mass is 422 g/mol. The number of anilines is 1. The van der Waals surface area contributed by atoms with Crippen molar-refractivity contribution >= 4 is 27.5 Å². The predicted molar refractivity (Wildman–Crippen MR) is 102 cm³/mol. The fraction of sp³-hybridized carbons (Fsp3) is 0.263. The summed E-state index contributed by atoms with van der Waals surface area (Å²) in [5.74, 6) is -1.12. The fourth-order valence-electron chi connectivity index (χ4n) is 3.06. The van der Waals surface area contributed by atoms with Gasteiger partial charge in [-0.1, -0.05) is 0 Å². The maximum absolute atomic E-state index is 13.1. The van der Waals surface area contributed by atoms with Gasteiger partial charge in [-0.05, 0) is 42.8 Å². The molecular formula is C19H19FN2O6S. The van der Waals surface area contributed by atoms with Crippen LogP contribution < -0.4 is 14.8 Å². The number of halogens is 1. The summed E-state index contributed by atoms with van der Waals surface area (Å²) in [6, 6.07) is 7.52. The highest BCUT2D eigenvalue weighted by atomic mass is 32.2. The topological polar surface area (TPSA) is 102 Å². The number of hydrogen-bond acceptors (Lipinski definition) is 6. The van der Waals surface area contributed by atoms with E-state index < -0.39 is 33.7 Å². The minimum Gasteiger partial charge on any atom is -0.493 e. The average Bonchev–Trinajstić information content (AvgIpc) is 3.10. The Kier molecular flexibility index (Phi) is 5.73. The number of nitrogens with zero attached hydrogens (tertiary/aromatic N) is 1. The van der Waals surface area contributed by atoms with Gasteiger partial charge in [-0.25, -0.2) is 17.1 Å². The van der Waals surface area contributed by atoms with E-state index in [2.05, 4.69) is 5.32 Å². The Hall–Kier alpha value is -3.14. The quantitative estimate of drug-likeness (QED) is 0.766. The summed E-state index contributed by atoms with van der Waals surface area (Å²) in [6.45, 7) is 0. The van der Waals surface area contributed by atoms with Crippen molar-refractivity contribution in [2.45, 2.75) is 23.8 Å². The summed E-state index contributed by atoms with van der Waals surface area (Å²) in [7, 11) is -1.39. The van der Waals surface area contributed by atoms with Crippen molar-refractivity contribution in [2.24, 2.45) is 0 Å². The molecule has 29 heavy (non-hydrogen) atoms. The van der Waals surface area contributed by atoms with Crippen LogP contribution in [0.3, 0.4) is 0 Å². The van der Waals surface area contributed by atoms with Gasteiger partial charge in [-0.15, -0.1) is 0 Å². The lowest BCUT2D eigenvalue weighted by Crippen LogP contribution is -2.45. The summed E-state index contributed by atoms with van der Waals surface area (Å²) in [5.41, 5.74) is 0.353. The van der Waals surface area contributed by atoms with Gasteiger partial charge in [-0.3, -0.25) is 9.59 Å². The number of benzene rings is 2. The van der Waals surface area contributed by atoms with Crippen LogP contribution in [0.1, 0.15) is 12.8 Å². The minimum absolute atomic E-state index is 0.0401. The molecule has 10 heteroatoms. The van der Waals surface area contributed by atoms with Crippen molar-refractivity contribution in [3.63, 3.8) is 0 Å². The Balaban J connectivity index is 1.86. The van der Waals surface area contributed by atoms with E-state index in [0.29, 0.717) is 21.5 Å². The van der Waals surface area contributed by atoms with Crippen LogP contribution in [0.5, 0.6) is 11.5 Å². The first-order chi connectivity index (χ1) is 13.8. The van der Waals surface area contributed by atoms with Crippen LogP contribution in [0.4, 0.5) is 10.1 Å². The van der Waals surface area contributed by atoms with E-state index in [1.54, 1.807) is 12.1 Å². The SMILES string of the molecule is COc1ccc(NC(=O)[C@@H]2CCC(=O)N2S(=O)(=O)c2ccc(F)cc2)cc1OC. The van der Waals surface area contributed by atoms with Gasteiger partial charge in [0.1, 0.15) is 11.9 Å². The number of hydrogen-bond donors (Lipinski definition) is 1. The van der Waals surface area contributed by atoms with E-state index in [1.165, 1.54) is 20.3 Å². The third-order valence-corrected chi connectivity index (χ3v) is 6.33. The molecule has 1 fully saturated rings. The van der Waals surface area contributed by atoms with Gasteiger partial charge in [-0.2, -0.15) is 0 Å². The molecule has 154 valence electrons. The molecule has 3 rings (SSSR count). The highest BCUT2D eigenvalue weighted by molar-refractivity contribution is 7.89.